The van der Waals surface area contributed by atoms with Gasteiger partial charge in [-0.2, -0.15) is 13.2 Å². The molecule has 0 saturated heterocycles. The van der Waals surface area contributed by atoms with Crippen molar-refractivity contribution >= 4 is 12.0 Å². The lowest BCUT2D eigenvalue weighted by molar-refractivity contribution is -0.137. The van der Waals surface area contributed by atoms with Gasteiger partial charge in [0.2, 0.25) is 0 Å². The second kappa shape index (κ2) is 5.24. The third-order valence-corrected chi connectivity index (χ3v) is 2.51. The summed E-state index contributed by atoms with van der Waals surface area (Å²) in [7, 11) is 0. The van der Waals surface area contributed by atoms with Crippen LogP contribution in [-0.4, -0.2) is 11.1 Å². The number of furan rings is 1. The third kappa shape index (κ3) is 3.09. The van der Waals surface area contributed by atoms with Crippen LogP contribution in [0.1, 0.15) is 11.3 Å². The zero-order valence-electron chi connectivity index (χ0n) is 10.0. The van der Waals surface area contributed by atoms with Gasteiger partial charge in [-0.15, -0.1) is 0 Å². The molecule has 2 aromatic rings. The van der Waals surface area contributed by atoms with E-state index in [0.717, 1.165) is 12.1 Å². The van der Waals surface area contributed by atoms with Crippen LogP contribution in [0.25, 0.3) is 17.4 Å². The van der Waals surface area contributed by atoms with Crippen LogP contribution >= 0.6 is 0 Å². The van der Waals surface area contributed by atoms with E-state index in [2.05, 4.69) is 0 Å². The monoisotopic (exact) mass is 282 g/mol. The minimum Gasteiger partial charge on any atom is -0.478 e. The summed E-state index contributed by atoms with van der Waals surface area (Å²) in [6.07, 6.45) is -2.47. The van der Waals surface area contributed by atoms with Crippen molar-refractivity contribution in [2.24, 2.45) is 0 Å². The first-order chi connectivity index (χ1) is 9.38. The Kier molecular flexibility index (Phi) is 3.65. The van der Waals surface area contributed by atoms with Crippen molar-refractivity contribution in [1.29, 1.82) is 0 Å². The van der Waals surface area contributed by atoms with Crippen LogP contribution in [0.2, 0.25) is 0 Å². The number of rotatable bonds is 3. The van der Waals surface area contributed by atoms with Crippen molar-refractivity contribution < 1.29 is 27.5 Å². The molecule has 2 rings (SSSR count). The molecule has 1 heterocycles. The van der Waals surface area contributed by atoms with Gasteiger partial charge in [0.15, 0.2) is 0 Å². The smallest absolute Gasteiger partial charge is 0.417 e. The Labute approximate surface area is 112 Å². The summed E-state index contributed by atoms with van der Waals surface area (Å²) in [5, 5.41) is 8.47. The fourth-order valence-electron chi connectivity index (χ4n) is 1.69. The molecule has 0 aliphatic carbocycles. The number of hydrogen-bond acceptors (Lipinski definition) is 2. The fourth-order valence-corrected chi connectivity index (χ4v) is 1.69. The Hall–Kier alpha value is -2.50. The second-order valence-electron chi connectivity index (χ2n) is 3.92. The Bertz CT molecular complexity index is 654. The molecule has 0 spiro atoms. The standard InChI is InChI=1S/C14H9F3O3/c15-14(16,17)11-4-2-1-3-10(11)12-7-5-9(20-12)6-8-13(18)19/h1-8H,(H,18,19). The van der Waals surface area contributed by atoms with E-state index in [1.807, 2.05) is 0 Å². The summed E-state index contributed by atoms with van der Waals surface area (Å²) in [4.78, 5) is 10.4. The minimum absolute atomic E-state index is 0.0305. The number of carboxylic acids is 1. The average molecular weight is 282 g/mol. The molecule has 0 unspecified atom stereocenters. The van der Waals surface area contributed by atoms with Crippen molar-refractivity contribution in [3.63, 3.8) is 0 Å². The molecule has 0 bridgehead atoms. The van der Waals surface area contributed by atoms with Crippen molar-refractivity contribution in [3.8, 4) is 11.3 Å². The van der Waals surface area contributed by atoms with Gasteiger partial charge in [-0.05, 0) is 24.3 Å². The Morgan fingerprint density at radius 3 is 2.50 bits per heavy atom. The molecule has 1 N–H and O–H groups in total. The normalized spacial score (nSPS) is 11.9. The van der Waals surface area contributed by atoms with E-state index >= 15 is 0 Å². The Morgan fingerprint density at radius 2 is 1.85 bits per heavy atom. The van der Waals surface area contributed by atoms with Gasteiger partial charge in [0, 0.05) is 11.6 Å². The van der Waals surface area contributed by atoms with Crippen molar-refractivity contribution in [1.82, 2.24) is 0 Å². The maximum absolute atomic E-state index is 12.9. The Balaban J connectivity index is 2.41. The van der Waals surface area contributed by atoms with Crippen LogP contribution in [0.3, 0.4) is 0 Å². The predicted octanol–water partition coefficient (Wildman–Crippen LogP) is 4.06. The van der Waals surface area contributed by atoms with Gasteiger partial charge in [-0.3, -0.25) is 0 Å². The highest BCUT2D eigenvalue weighted by Crippen LogP contribution is 2.37. The van der Waals surface area contributed by atoms with E-state index in [4.69, 9.17) is 9.52 Å². The first-order valence-electron chi connectivity index (χ1n) is 5.55. The molecule has 0 saturated carbocycles. The van der Waals surface area contributed by atoms with Crippen LogP contribution in [-0.2, 0) is 11.0 Å². The highest BCUT2D eigenvalue weighted by molar-refractivity contribution is 5.84. The molecule has 20 heavy (non-hydrogen) atoms. The van der Waals surface area contributed by atoms with Gasteiger partial charge >= 0.3 is 12.1 Å². The molecule has 0 atom stereocenters. The van der Waals surface area contributed by atoms with E-state index in [0.29, 0.717) is 0 Å². The van der Waals surface area contributed by atoms with Gasteiger partial charge in [-0.1, -0.05) is 18.2 Å². The van der Waals surface area contributed by atoms with Crippen molar-refractivity contribution in [2.45, 2.75) is 6.18 Å². The van der Waals surface area contributed by atoms with Crippen molar-refractivity contribution in [2.75, 3.05) is 0 Å². The van der Waals surface area contributed by atoms with Gasteiger partial charge in [0.25, 0.3) is 0 Å². The predicted molar refractivity (Wildman–Crippen MR) is 65.8 cm³/mol. The zero-order valence-corrected chi connectivity index (χ0v) is 10.0. The summed E-state index contributed by atoms with van der Waals surface area (Å²) in [6, 6.07) is 7.80. The quantitative estimate of drug-likeness (QED) is 0.863. The topological polar surface area (TPSA) is 50.4 Å². The van der Waals surface area contributed by atoms with Crippen LogP contribution in [0, 0.1) is 0 Å². The third-order valence-electron chi connectivity index (χ3n) is 2.51. The lowest BCUT2D eigenvalue weighted by Crippen LogP contribution is -2.06. The zero-order chi connectivity index (χ0) is 14.8. The molecule has 0 fully saturated rings. The molecular weight excluding hydrogens is 273 g/mol. The molecular formula is C14H9F3O3. The van der Waals surface area contributed by atoms with E-state index in [9.17, 15) is 18.0 Å². The van der Waals surface area contributed by atoms with Crippen LogP contribution in [0.15, 0.2) is 46.9 Å². The van der Waals surface area contributed by atoms with E-state index in [1.54, 1.807) is 0 Å². The highest BCUT2D eigenvalue weighted by Gasteiger charge is 2.33. The first kappa shape index (κ1) is 13.9. The lowest BCUT2D eigenvalue weighted by atomic mass is 10.1. The maximum Gasteiger partial charge on any atom is 0.417 e. The SMILES string of the molecule is O=C(O)C=Cc1ccc(-c2ccccc2C(F)(F)F)o1. The molecule has 0 aliphatic heterocycles. The molecule has 0 aliphatic rings. The molecule has 1 aromatic carbocycles. The second-order valence-corrected chi connectivity index (χ2v) is 3.92. The van der Waals surface area contributed by atoms with Crippen LogP contribution < -0.4 is 0 Å². The fraction of sp³-hybridized carbons (Fsp3) is 0.0714. The number of hydrogen-bond donors (Lipinski definition) is 1. The molecule has 6 heteroatoms. The maximum atomic E-state index is 12.9. The number of carboxylic acid groups (broad SMARTS) is 1. The number of alkyl halides is 3. The number of benzene rings is 1. The average Bonchev–Trinajstić information content (AvgIpc) is 2.84. The summed E-state index contributed by atoms with van der Waals surface area (Å²) >= 11 is 0. The van der Waals surface area contributed by atoms with Gasteiger partial charge in [0.05, 0.1) is 5.56 Å². The number of halogens is 3. The van der Waals surface area contributed by atoms with Gasteiger partial charge < -0.3 is 9.52 Å². The van der Waals surface area contributed by atoms with Crippen LogP contribution in [0.4, 0.5) is 13.2 Å². The van der Waals surface area contributed by atoms with E-state index in [1.165, 1.54) is 36.4 Å². The molecule has 0 amide bonds. The summed E-state index contributed by atoms with van der Waals surface area (Å²) in [5.41, 5.74) is -0.891. The van der Waals surface area contributed by atoms with Crippen molar-refractivity contribution in [3.05, 3.63) is 53.8 Å². The lowest BCUT2D eigenvalue weighted by Gasteiger charge is -2.10. The Morgan fingerprint density at radius 1 is 1.15 bits per heavy atom. The van der Waals surface area contributed by atoms with Crippen LogP contribution in [0.5, 0.6) is 0 Å². The first-order valence-corrected chi connectivity index (χ1v) is 5.55. The molecule has 1 aromatic heterocycles. The summed E-state index contributed by atoms with van der Waals surface area (Å²) in [5.74, 6) is -0.971. The largest absolute Gasteiger partial charge is 0.478 e. The number of carbonyl (C=O) groups is 1. The van der Waals surface area contributed by atoms with E-state index in [-0.39, 0.29) is 17.1 Å². The summed E-state index contributed by atoms with van der Waals surface area (Å²) < 4.78 is 43.8. The van der Waals surface area contributed by atoms with Gasteiger partial charge in [-0.25, -0.2) is 4.79 Å². The van der Waals surface area contributed by atoms with Gasteiger partial charge in [0.1, 0.15) is 11.5 Å². The highest BCUT2D eigenvalue weighted by atomic mass is 19.4. The molecule has 0 radical (unpaired) electrons. The molecule has 3 nitrogen and oxygen atoms in total. The minimum atomic E-state index is -4.49. The van der Waals surface area contributed by atoms with E-state index < -0.39 is 17.7 Å². The molecule has 104 valence electrons. The summed E-state index contributed by atoms with van der Waals surface area (Å²) in [6.45, 7) is 0. The number of aliphatic carboxylic acids is 1.